The first-order valence-electron chi connectivity index (χ1n) is 5.10. The van der Waals surface area contributed by atoms with Crippen LogP contribution in [0.4, 0.5) is 0 Å². The first-order chi connectivity index (χ1) is 6.08. The van der Waals surface area contributed by atoms with E-state index in [-0.39, 0.29) is 0 Å². The first kappa shape index (κ1) is 14.6. The SMILES string of the molecule is C[N](C)[Ti]([N](C)C)([N](C)C)[C](C)(C)C. The molecular formula is C10H27N3Ti. The summed E-state index contributed by atoms with van der Waals surface area (Å²) in [7, 11) is 13.3. The van der Waals surface area contributed by atoms with Crippen LogP contribution in [-0.2, 0) is 17.4 Å². The van der Waals surface area contributed by atoms with E-state index in [4.69, 9.17) is 0 Å². The second kappa shape index (κ2) is 4.62. The van der Waals surface area contributed by atoms with Crippen LogP contribution >= 0.6 is 0 Å². The molecule has 0 fully saturated rings. The van der Waals surface area contributed by atoms with Crippen molar-refractivity contribution in [3.8, 4) is 0 Å². The van der Waals surface area contributed by atoms with Crippen molar-refractivity contribution >= 4 is 0 Å². The van der Waals surface area contributed by atoms with Crippen molar-refractivity contribution in [2.45, 2.75) is 24.5 Å². The average Bonchev–Trinajstić information content (AvgIpc) is 1.79. The molecule has 0 saturated heterocycles. The maximum atomic E-state index is 2.46. The standard InChI is InChI=1S/C4H9.3C2H6N.Ti/c1-4(2)3;3*1-3-2;/h1-3H3;3*1-2H3;/q;3*-1;+3. The number of rotatable bonds is 3. The van der Waals surface area contributed by atoms with Gasteiger partial charge in [-0.3, -0.25) is 0 Å². The summed E-state index contributed by atoms with van der Waals surface area (Å²) in [5.74, 6) is 0. The summed E-state index contributed by atoms with van der Waals surface area (Å²) in [6.07, 6.45) is 0. The van der Waals surface area contributed by atoms with Crippen LogP contribution in [-0.4, -0.2) is 52.4 Å². The Labute approximate surface area is 94.3 Å². The summed E-state index contributed by atoms with van der Waals surface area (Å²) in [6, 6.07) is 0. The molecule has 0 unspecified atom stereocenters. The Hall–Kier alpha value is 0.594. The normalized spacial score (nSPS) is 14.6. The Balaban J connectivity index is 5.40. The predicted octanol–water partition coefficient (Wildman–Crippen LogP) is 1.79. The second-order valence-corrected chi connectivity index (χ2v) is 14.1. The molecular weight excluding hydrogens is 210 g/mol. The van der Waals surface area contributed by atoms with Gasteiger partial charge >= 0.3 is 94.3 Å². The summed E-state index contributed by atoms with van der Waals surface area (Å²) in [5, 5.41) is 0. The summed E-state index contributed by atoms with van der Waals surface area (Å²) >= 11 is -2.31. The Kier molecular flexibility index (Phi) is 4.82. The maximum absolute atomic E-state index is 2.46. The van der Waals surface area contributed by atoms with Gasteiger partial charge in [-0.2, -0.15) is 0 Å². The molecule has 0 atom stereocenters. The zero-order valence-electron chi connectivity index (χ0n) is 11.3. The van der Waals surface area contributed by atoms with Gasteiger partial charge in [-0.05, 0) is 0 Å². The molecule has 0 aliphatic heterocycles. The molecule has 0 rings (SSSR count). The van der Waals surface area contributed by atoms with E-state index in [0.717, 1.165) is 0 Å². The second-order valence-electron chi connectivity index (χ2n) is 5.57. The quantitative estimate of drug-likeness (QED) is 0.693. The van der Waals surface area contributed by atoms with Crippen LogP contribution in [0.2, 0.25) is 3.72 Å². The van der Waals surface area contributed by atoms with E-state index >= 15 is 0 Å². The molecule has 0 aromatic carbocycles. The molecule has 0 bridgehead atoms. The molecule has 3 nitrogen and oxygen atoms in total. The van der Waals surface area contributed by atoms with Crippen LogP contribution in [0.3, 0.4) is 0 Å². The van der Waals surface area contributed by atoms with E-state index in [1.807, 2.05) is 0 Å². The monoisotopic (exact) mass is 237 g/mol. The van der Waals surface area contributed by atoms with Crippen LogP contribution in [0.5, 0.6) is 0 Å². The van der Waals surface area contributed by atoms with Gasteiger partial charge in [-0.25, -0.2) is 0 Å². The summed E-state index contributed by atoms with van der Waals surface area (Å²) < 4.78 is 7.72. The molecule has 0 aromatic heterocycles. The van der Waals surface area contributed by atoms with Gasteiger partial charge in [0.25, 0.3) is 0 Å². The van der Waals surface area contributed by atoms with Crippen molar-refractivity contribution in [1.82, 2.24) is 10.1 Å². The summed E-state index contributed by atoms with van der Waals surface area (Å²) in [6.45, 7) is 7.06. The number of hydrogen-bond donors (Lipinski definition) is 0. The van der Waals surface area contributed by atoms with Crippen molar-refractivity contribution < 1.29 is 17.4 Å². The molecule has 0 saturated carbocycles. The van der Waals surface area contributed by atoms with Gasteiger partial charge in [-0.15, -0.1) is 0 Å². The molecule has 0 heterocycles. The third kappa shape index (κ3) is 2.22. The van der Waals surface area contributed by atoms with Gasteiger partial charge in [0, 0.05) is 0 Å². The van der Waals surface area contributed by atoms with Gasteiger partial charge in [0.1, 0.15) is 0 Å². The fraction of sp³-hybridized carbons (Fsp3) is 1.00. The molecule has 0 aliphatic carbocycles. The molecule has 4 heteroatoms. The molecule has 0 aromatic rings. The molecule has 0 amide bonds. The van der Waals surface area contributed by atoms with Crippen molar-refractivity contribution in [1.29, 1.82) is 0 Å². The van der Waals surface area contributed by atoms with Gasteiger partial charge in [0.2, 0.25) is 0 Å². The molecule has 86 valence electrons. The van der Waals surface area contributed by atoms with Crippen molar-refractivity contribution in [3.63, 3.8) is 0 Å². The van der Waals surface area contributed by atoms with E-state index in [2.05, 4.69) is 73.2 Å². The Morgan fingerprint density at radius 1 is 0.643 bits per heavy atom. The van der Waals surface area contributed by atoms with Crippen LogP contribution in [0.1, 0.15) is 20.8 Å². The average molecular weight is 237 g/mol. The first-order valence-corrected chi connectivity index (χ1v) is 7.98. The van der Waals surface area contributed by atoms with Gasteiger partial charge in [0.05, 0.1) is 0 Å². The molecule has 0 aliphatic rings. The van der Waals surface area contributed by atoms with Crippen molar-refractivity contribution in [2.24, 2.45) is 0 Å². The fourth-order valence-electron chi connectivity index (χ4n) is 3.21. The van der Waals surface area contributed by atoms with E-state index in [0.29, 0.717) is 3.72 Å². The van der Waals surface area contributed by atoms with Crippen LogP contribution in [0.15, 0.2) is 0 Å². The zero-order chi connectivity index (χ0) is 11.7. The third-order valence-electron chi connectivity index (χ3n) is 2.88. The van der Waals surface area contributed by atoms with E-state index in [9.17, 15) is 0 Å². The van der Waals surface area contributed by atoms with Crippen LogP contribution in [0, 0.1) is 0 Å². The summed E-state index contributed by atoms with van der Waals surface area (Å²) in [4.78, 5) is 0. The van der Waals surface area contributed by atoms with E-state index in [1.165, 1.54) is 0 Å². The Morgan fingerprint density at radius 3 is 0.857 bits per heavy atom. The fourth-order valence-corrected chi connectivity index (χ4v) is 13.2. The van der Waals surface area contributed by atoms with Crippen LogP contribution < -0.4 is 0 Å². The molecule has 0 spiro atoms. The molecule has 0 N–H and O–H groups in total. The minimum absolute atomic E-state index is 0.344. The van der Waals surface area contributed by atoms with E-state index in [1.54, 1.807) is 0 Å². The van der Waals surface area contributed by atoms with Gasteiger partial charge in [-0.1, -0.05) is 0 Å². The Morgan fingerprint density at radius 2 is 0.857 bits per heavy atom. The minimum atomic E-state index is -2.31. The van der Waals surface area contributed by atoms with Crippen LogP contribution in [0.25, 0.3) is 0 Å². The van der Waals surface area contributed by atoms with Gasteiger partial charge in [0.15, 0.2) is 0 Å². The van der Waals surface area contributed by atoms with Crippen molar-refractivity contribution in [3.05, 3.63) is 0 Å². The molecule has 0 radical (unpaired) electrons. The predicted molar refractivity (Wildman–Crippen MR) is 60.8 cm³/mol. The van der Waals surface area contributed by atoms with E-state index < -0.39 is 17.4 Å². The Bertz CT molecular complexity index is 161. The number of hydrogen-bond acceptors (Lipinski definition) is 3. The third-order valence-corrected chi connectivity index (χ3v) is 11.9. The topological polar surface area (TPSA) is 9.72 Å². The zero-order valence-corrected chi connectivity index (χ0v) is 12.9. The number of nitrogens with zero attached hydrogens (tertiary/aromatic N) is 3. The molecule has 14 heavy (non-hydrogen) atoms. The van der Waals surface area contributed by atoms with Crippen molar-refractivity contribution in [2.75, 3.05) is 42.3 Å². The summed E-state index contributed by atoms with van der Waals surface area (Å²) in [5.41, 5.74) is 0. The van der Waals surface area contributed by atoms with Gasteiger partial charge < -0.3 is 0 Å².